The molecule has 5 nitrogen and oxygen atoms in total. The fraction of sp³-hybridized carbons (Fsp3) is 0.600. The number of ether oxygens (including phenoxy) is 1. The molecule has 0 radical (unpaired) electrons. The molecule has 4 N–H and O–H groups in total. The first-order chi connectivity index (χ1) is 4.57. The van der Waals surface area contributed by atoms with Crippen LogP contribution in [0, 0.1) is 0 Å². The van der Waals surface area contributed by atoms with E-state index < -0.39 is 17.9 Å². The average Bonchev–Trinajstić information content (AvgIpc) is 1.85. The number of esters is 1. The van der Waals surface area contributed by atoms with Gasteiger partial charge in [0.15, 0.2) is 0 Å². The van der Waals surface area contributed by atoms with E-state index in [-0.39, 0.29) is 18.8 Å². The molecule has 0 aromatic carbocycles. The molecule has 0 bridgehead atoms. The van der Waals surface area contributed by atoms with E-state index in [1.807, 2.05) is 0 Å². The van der Waals surface area contributed by atoms with Crippen LogP contribution in [0.5, 0.6) is 0 Å². The predicted molar refractivity (Wildman–Crippen MR) is 41.1 cm³/mol. The molecule has 0 unspecified atom stereocenters. The SMILES string of the molecule is COC(=O)[C@@H](N)CC(N)=O.Cl. The summed E-state index contributed by atoms with van der Waals surface area (Å²) in [6, 6.07) is -0.928. The van der Waals surface area contributed by atoms with Gasteiger partial charge in [0, 0.05) is 0 Å². The van der Waals surface area contributed by atoms with Gasteiger partial charge in [0.1, 0.15) is 6.04 Å². The Balaban J connectivity index is 0. The van der Waals surface area contributed by atoms with Gasteiger partial charge in [-0.3, -0.25) is 9.59 Å². The normalized spacial score (nSPS) is 11.1. The highest BCUT2D eigenvalue weighted by Crippen LogP contribution is 1.88. The zero-order valence-electron chi connectivity index (χ0n) is 6.07. The van der Waals surface area contributed by atoms with Crippen molar-refractivity contribution in [1.82, 2.24) is 0 Å². The number of hydrogen-bond donors (Lipinski definition) is 2. The van der Waals surface area contributed by atoms with Gasteiger partial charge in [-0.25, -0.2) is 0 Å². The lowest BCUT2D eigenvalue weighted by atomic mass is 10.2. The number of primary amides is 1. The fourth-order valence-corrected chi connectivity index (χ4v) is 0.451. The second-order valence-corrected chi connectivity index (χ2v) is 1.80. The molecule has 0 heterocycles. The molecular weight excluding hydrogens is 172 g/mol. The van der Waals surface area contributed by atoms with Gasteiger partial charge in [-0.2, -0.15) is 0 Å². The van der Waals surface area contributed by atoms with Crippen molar-refractivity contribution >= 4 is 24.3 Å². The Morgan fingerprint density at radius 2 is 2.00 bits per heavy atom. The van der Waals surface area contributed by atoms with Crippen LogP contribution in [0.4, 0.5) is 0 Å². The molecule has 0 aromatic heterocycles. The van der Waals surface area contributed by atoms with Crippen LogP contribution in [0.3, 0.4) is 0 Å². The molecule has 0 fully saturated rings. The number of halogens is 1. The molecule has 0 saturated carbocycles. The van der Waals surface area contributed by atoms with E-state index >= 15 is 0 Å². The standard InChI is InChI=1S/C5H10N2O3.ClH/c1-10-5(9)3(6)2-4(7)8;/h3H,2,6H2,1H3,(H2,7,8);1H/t3-;/m0./s1. The van der Waals surface area contributed by atoms with Crippen molar-refractivity contribution in [1.29, 1.82) is 0 Å². The van der Waals surface area contributed by atoms with Crippen LogP contribution < -0.4 is 11.5 Å². The van der Waals surface area contributed by atoms with Gasteiger partial charge < -0.3 is 16.2 Å². The number of hydrogen-bond acceptors (Lipinski definition) is 4. The van der Waals surface area contributed by atoms with E-state index in [4.69, 9.17) is 11.5 Å². The number of nitrogens with two attached hydrogens (primary N) is 2. The number of carbonyl (C=O) groups is 2. The zero-order valence-corrected chi connectivity index (χ0v) is 6.89. The number of methoxy groups -OCH3 is 1. The van der Waals surface area contributed by atoms with E-state index in [1.165, 1.54) is 7.11 Å². The van der Waals surface area contributed by atoms with E-state index in [1.54, 1.807) is 0 Å². The van der Waals surface area contributed by atoms with Gasteiger partial charge in [0.25, 0.3) is 0 Å². The minimum Gasteiger partial charge on any atom is -0.468 e. The Bertz CT molecular complexity index is 151. The summed E-state index contributed by atoms with van der Waals surface area (Å²) in [4.78, 5) is 20.7. The molecule has 0 spiro atoms. The second-order valence-electron chi connectivity index (χ2n) is 1.80. The first kappa shape index (κ1) is 12.8. The van der Waals surface area contributed by atoms with Crippen LogP contribution in [0.25, 0.3) is 0 Å². The summed E-state index contributed by atoms with van der Waals surface area (Å²) in [6.07, 6.45) is -0.174. The molecule has 0 aromatic rings. The first-order valence-electron chi connectivity index (χ1n) is 2.69. The number of rotatable bonds is 3. The summed E-state index contributed by atoms with van der Waals surface area (Å²) >= 11 is 0. The van der Waals surface area contributed by atoms with Crippen molar-refractivity contribution in [2.24, 2.45) is 11.5 Å². The molecule has 1 amide bonds. The summed E-state index contributed by atoms with van der Waals surface area (Å²) in [5, 5.41) is 0. The second kappa shape index (κ2) is 5.94. The Kier molecular flexibility index (Phi) is 6.92. The first-order valence-corrected chi connectivity index (χ1v) is 2.69. The van der Waals surface area contributed by atoms with Crippen LogP contribution in [-0.4, -0.2) is 25.0 Å². The van der Waals surface area contributed by atoms with E-state index in [0.717, 1.165) is 0 Å². The van der Waals surface area contributed by atoms with Crippen LogP contribution >= 0.6 is 12.4 Å². The highest BCUT2D eigenvalue weighted by atomic mass is 35.5. The smallest absolute Gasteiger partial charge is 0.323 e. The molecule has 1 atom stereocenters. The quantitative estimate of drug-likeness (QED) is 0.535. The van der Waals surface area contributed by atoms with Crippen LogP contribution in [0.1, 0.15) is 6.42 Å². The van der Waals surface area contributed by atoms with Crippen molar-refractivity contribution in [2.75, 3.05) is 7.11 Å². The average molecular weight is 183 g/mol. The third kappa shape index (κ3) is 5.63. The van der Waals surface area contributed by atoms with E-state index in [2.05, 4.69) is 4.74 Å². The van der Waals surface area contributed by atoms with Crippen LogP contribution in [0.15, 0.2) is 0 Å². The van der Waals surface area contributed by atoms with Crippen molar-refractivity contribution in [2.45, 2.75) is 12.5 Å². The monoisotopic (exact) mass is 182 g/mol. The number of carbonyl (C=O) groups excluding carboxylic acids is 2. The van der Waals surface area contributed by atoms with Gasteiger partial charge >= 0.3 is 5.97 Å². The molecule has 0 aliphatic carbocycles. The summed E-state index contributed by atoms with van der Waals surface area (Å²) in [5.41, 5.74) is 9.91. The van der Waals surface area contributed by atoms with Crippen LogP contribution in [-0.2, 0) is 14.3 Å². The highest BCUT2D eigenvalue weighted by molar-refractivity contribution is 5.85. The number of amides is 1. The van der Waals surface area contributed by atoms with Gasteiger partial charge in [-0.05, 0) is 0 Å². The lowest BCUT2D eigenvalue weighted by Gasteiger charge is -2.04. The molecule has 0 saturated heterocycles. The fourth-order valence-electron chi connectivity index (χ4n) is 0.451. The minimum atomic E-state index is -0.928. The molecule has 0 aliphatic heterocycles. The Labute approximate surface area is 70.5 Å². The molecule has 66 valence electrons. The highest BCUT2D eigenvalue weighted by Gasteiger charge is 2.15. The molecule has 0 rings (SSSR count). The van der Waals surface area contributed by atoms with Gasteiger partial charge in [0.05, 0.1) is 13.5 Å². The summed E-state index contributed by atoms with van der Waals surface area (Å²) in [6.45, 7) is 0. The van der Waals surface area contributed by atoms with Crippen LogP contribution in [0.2, 0.25) is 0 Å². The lowest BCUT2D eigenvalue weighted by Crippen LogP contribution is -2.35. The summed E-state index contributed by atoms with van der Waals surface area (Å²) in [7, 11) is 1.20. The molecule has 6 heteroatoms. The van der Waals surface area contributed by atoms with Gasteiger partial charge in [-0.1, -0.05) is 0 Å². The van der Waals surface area contributed by atoms with Crippen molar-refractivity contribution in [3.8, 4) is 0 Å². The third-order valence-corrected chi connectivity index (χ3v) is 0.925. The Morgan fingerprint density at radius 1 is 1.55 bits per heavy atom. The Hall–Kier alpha value is -0.810. The van der Waals surface area contributed by atoms with Crippen molar-refractivity contribution < 1.29 is 14.3 Å². The predicted octanol–water partition coefficient (Wildman–Crippen LogP) is -1.22. The van der Waals surface area contributed by atoms with Crippen molar-refractivity contribution in [3.63, 3.8) is 0 Å². The summed E-state index contributed by atoms with van der Waals surface area (Å²) in [5.74, 6) is -1.24. The maximum absolute atomic E-state index is 10.5. The third-order valence-electron chi connectivity index (χ3n) is 0.925. The topological polar surface area (TPSA) is 95.4 Å². The maximum Gasteiger partial charge on any atom is 0.323 e. The lowest BCUT2D eigenvalue weighted by molar-refractivity contribution is -0.143. The zero-order chi connectivity index (χ0) is 8.15. The van der Waals surface area contributed by atoms with E-state index in [0.29, 0.717) is 0 Å². The molecule has 11 heavy (non-hydrogen) atoms. The minimum absolute atomic E-state index is 0. The van der Waals surface area contributed by atoms with E-state index in [9.17, 15) is 9.59 Å². The largest absolute Gasteiger partial charge is 0.468 e. The summed E-state index contributed by atoms with van der Waals surface area (Å²) < 4.78 is 4.24. The molecular formula is C5H11ClN2O3. The van der Waals surface area contributed by atoms with Gasteiger partial charge in [-0.15, -0.1) is 12.4 Å². The Morgan fingerprint density at radius 3 is 2.27 bits per heavy atom. The maximum atomic E-state index is 10.5. The van der Waals surface area contributed by atoms with Crippen molar-refractivity contribution in [3.05, 3.63) is 0 Å². The molecule has 0 aliphatic rings. The van der Waals surface area contributed by atoms with Gasteiger partial charge in [0.2, 0.25) is 5.91 Å².